The molecule has 7 heteroatoms. The maximum absolute atomic E-state index is 11.9. The van der Waals surface area contributed by atoms with Crippen LogP contribution in [0.25, 0.3) is 5.69 Å². The molecule has 6 nitrogen and oxygen atoms in total. The third kappa shape index (κ3) is 3.29. The highest BCUT2D eigenvalue weighted by Gasteiger charge is 2.16. The summed E-state index contributed by atoms with van der Waals surface area (Å²) in [6.07, 6.45) is 0. The minimum absolute atomic E-state index is 0.256. The second-order valence-corrected chi connectivity index (χ2v) is 4.63. The summed E-state index contributed by atoms with van der Waals surface area (Å²) in [6.45, 7) is 3.71. The fraction of sp³-hybridized carbons (Fsp3) is 0.214. The average Bonchev–Trinajstić information content (AvgIpc) is 2.46. The van der Waals surface area contributed by atoms with Crippen LogP contribution < -0.4 is 10.9 Å². The Labute approximate surface area is 126 Å². The van der Waals surface area contributed by atoms with Crippen molar-refractivity contribution in [1.82, 2.24) is 15.3 Å². The topological polar surface area (TPSA) is 73.2 Å². The zero-order valence-corrected chi connectivity index (χ0v) is 12.3. The third-order valence-electron chi connectivity index (χ3n) is 2.71. The highest BCUT2D eigenvalue weighted by Crippen LogP contribution is 2.19. The number of benzene rings is 1. The maximum atomic E-state index is 11.9. The van der Waals surface area contributed by atoms with Crippen LogP contribution in [0.4, 0.5) is 0 Å². The van der Waals surface area contributed by atoms with E-state index < -0.39 is 11.3 Å². The number of carbonyl (C=O) groups is 1. The number of aromatic nitrogens is 2. The smallest absolute Gasteiger partial charge is 0.287 e. The van der Waals surface area contributed by atoms with Gasteiger partial charge in [0.15, 0.2) is 5.69 Å². The average molecular weight is 308 g/mol. The predicted octanol–water partition coefficient (Wildman–Crippen LogP) is 1.88. The molecule has 2 aromatic rings. The molecule has 110 valence electrons. The van der Waals surface area contributed by atoms with E-state index in [1.165, 1.54) is 10.7 Å². The fourth-order valence-electron chi connectivity index (χ4n) is 1.76. The van der Waals surface area contributed by atoms with Crippen LogP contribution in [-0.2, 0) is 4.84 Å². The molecule has 2 rings (SSSR count). The lowest BCUT2D eigenvalue weighted by atomic mass is 10.2. The van der Waals surface area contributed by atoms with E-state index in [2.05, 4.69) is 10.6 Å². The molecule has 0 aliphatic heterocycles. The lowest BCUT2D eigenvalue weighted by Crippen LogP contribution is -2.32. The van der Waals surface area contributed by atoms with Crippen molar-refractivity contribution in [1.29, 1.82) is 0 Å². The summed E-state index contributed by atoms with van der Waals surface area (Å²) in [5.41, 5.74) is 2.58. The van der Waals surface area contributed by atoms with Crippen LogP contribution in [0.15, 0.2) is 35.1 Å². The number of aryl methyl sites for hydroxylation is 1. The molecule has 1 heterocycles. The van der Waals surface area contributed by atoms with Crippen molar-refractivity contribution in [3.05, 3.63) is 57.0 Å². The highest BCUT2D eigenvalue weighted by molar-refractivity contribution is 6.32. The van der Waals surface area contributed by atoms with Crippen molar-refractivity contribution in [2.75, 3.05) is 6.61 Å². The summed E-state index contributed by atoms with van der Waals surface area (Å²) in [5.74, 6) is -0.692. The molecule has 1 N–H and O–H groups in total. The second kappa shape index (κ2) is 6.51. The summed E-state index contributed by atoms with van der Waals surface area (Å²) in [4.78, 5) is 28.5. The highest BCUT2D eigenvalue weighted by atomic mass is 35.5. The van der Waals surface area contributed by atoms with E-state index >= 15 is 0 Å². The van der Waals surface area contributed by atoms with Crippen molar-refractivity contribution < 1.29 is 9.63 Å². The van der Waals surface area contributed by atoms with Gasteiger partial charge in [0.1, 0.15) is 0 Å². The number of rotatable bonds is 4. The third-order valence-corrected chi connectivity index (χ3v) is 3.03. The normalized spacial score (nSPS) is 10.4. The van der Waals surface area contributed by atoms with E-state index in [1.54, 1.807) is 38.1 Å². The lowest BCUT2D eigenvalue weighted by Gasteiger charge is -2.12. The van der Waals surface area contributed by atoms with Gasteiger partial charge in [-0.25, -0.2) is 10.2 Å². The number of para-hydroxylation sites is 1. The number of amides is 1. The van der Waals surface area contributed by atoms with Crippen molar-refractivity contribution >= 4 is 17.5 Å². The molecule has 0 saturated carbocycles. The van der Waals surface area contributed by atoms with E-state index in [0.29, 0.717) is 16.4 Å². The van der Waals surface area contributed by atoms with Crippen LogP contribution in [0.2, 0.25) is 5.02 Å². The molecule has 0 aliphatic rings. The van der Waals surface area contributed by atoms with Gasteiger partial charge in [-0.3, -0.25) is 14.4 Å². The molecule has 0 spiro atoms. The number of nitrogens with zero attached hydrogens (tertiary/aromatic N) is 2. The van der Waals surface area contributed by atoms with Gasteiger partial charge >= 0.3 is 0 Å². The number of nitrogens with one attached hydrogen (secondary N) is 1. The molecule has 1 amide bonds. The molecule has 0 saturated heterocycles. The Morgan fingerprint density at radius 1 is 1.43 bits per heavy atom. The van der Waals surface area contributed by atoms with Crippen LogP contribution in [-0.4, -0.2) is 22.3 Å². The van der Waals surface area contributed by atoms with Crippen molar-refractivity contribution in [2.45, 2.75) is 13.8 Å². The first-order valence-corrected chi connectivity index (χ1v) is 6.70. The van der Waals surface area contributed by atoms with Gasteiger partial charge in [0.2, 0.25) is 5.43 Å². The molecular formula is C14H14ClN3O3. The number of hydrogen-bond acceptors (Lipinski definition) is 4. The zero-order valence-electron chi connectivity index (χ0n) is 11.6. The van der Waals surface area contributed by atoms with Gasteiger partial charge in [-0.1, -0.05) is 23.7 Å². The fourth-order valence-corrected chi connectivity index (χ4v) is 1.97. The molecule has 0 bridgehead atoms. The van der Waals surface area contributed by atoms with E-state index in [4.69, 9.17) is 16.4 Å². The van der Waals surface area contributed by atoms with E-state index in [0.717, 1.165) is 0 Å². The summed E-state index contributed by atoms with van der Waals surface area (Å²) in [5, 5.41) is 4.55. The lowest BCUT2D eigenvalue weighted by molar-refractivity contribution is 0.0357. The van der Waals surface area contributed by atoms with Gasteiger partial charge in [-0.15, -0.1) is 0 Å². The Balaban J connectivity index is 2.51. The molecule has 21 heavy (non-hydrogen) atoms. The quantitative estimate of drug-likeness (QED) is 0.875. The van der Waals surface area contributed by atoms with Gasteiger partial charge in [-0.2, -0.15) is 5.10 Å². The standard InChI is InChI=1S/C14H14ClN3O3/c1-3-21-17-14(20)13-12(19)8-9(2)18(16-13)11-7-5-4-6-10(11)15/h4-8H,3H2,1-2H3,(H,17,20). The van der Waals surface area contributed by atoms with E-state index in [-0.39, 0.29) is 12.3 Å². The number of hydroxylamine groups is 1. The monoisotopic (exact) mass is 307 g/mol. The summed E-state index contributed by atoms with van der Waals surface area (Å²) in [6, 6.07) is 8.36. The van der Waals surface area contributed by atoms with Gasteiger partial charge in [0.25, 0.3) is 5.91 Å². The summed E-state index contributed by atoms with van der Waals surface area (Å²) >= 11 is 6.12. The Morgan fingerprint density at radius 3 is 2.81 bits per heavy atom. The van der Waals surface area contributed by atoms with E-state index in [1.807, 2.05) is 0 Å². The molecule has 0 fully saturated rings. The zero-order chi connectivity index (χ0) is 15.4. The second-order valence-electron chi connectivity index (χ2n) is 4.23. The molecule has 1 aromatic carbocycles. The first-order valence-electron chi connectivity index (χ1n) is 6.32. The Bertz CT molecular complexity index is 728. The van der Waals surface area contributed by atoms with Crippen molar-refractivity contribution in [3.63, 3.8) is 0 Å². The Morgan fingerprint density at radius 2 is 2.14 bits per heavy atom. The first-order chi connectivity index (χ1) is 10.0. The molecular weight excluding hydrogens is 294 g/mol. The van der Waals surface area contributed by atoms with Gasteiger partial charge in [0, 0.05) is 11.8 Å². The van der Waals surface area contributed by atoms with E-state index in [9.17, 15) is 9.59 Å². The number of carbonyl (C=O) groups excluding carboxylic acids is 1. The summed E-state index contributed by atoms with van der Waals surface area (Å²) in [7, 11) is 0. The molecule has 1 aromatic heterocycles. The summed E-state index contributed by atoms with van der Waals surface area (Å²) < 4.78 is 1.45. The number of halogens is 1. The van der Waals surface area contributed by atoms with Gasteiger partial charge in [-0.05, 0) is 26.0 Å². The van der Waals surface area contributed by atoms with Crippen LogP contribution >= 0.6 is 11.6 Å². The SMILES string of the molecule is CCONC(=O)c1nn(-c2ccccc2Cl)c(C)cc1=O. The van der Waals surface area contributed by atoms with Crippen molar-refractivity contribution in [2.24, 2.45) is 0 Å². The minimum Gasteiger partial charge on any atom is -0.287 e. The first kappa shape index (κ1) is 15.2. The predicted molar refractivity (Wildman–Crippen MR) is 78.7 cm³/mol. The molecule has 0 unspecified atom stereocenters. The molecule has 0 atom stereocenters. The molecule has 0 radical (unpaired) electrons. The van der Waals surface area contributed by atoms with Crippen molar-refractivity contribution in [3.8, 4) is 5.69 Å². The van der Waals surface area contributed by atoms with Gasteiger partial charge < -0.3 is 0 Å². The Hall–Kier alpha value is -2.18. The number of hydrogen-bond donors (Lipinski definition) is 1. The van der Waals surface area contributed by atoms with Crippen LogP contribution in [0.5, 0.6) is 0 Å². The van der Waals surface area contributed by atoms with Crippen LogP contribution in [0.1, 0.15) is 23.1 Å². The minimum atomic E-state index is -0.692. The van der Waals surface area contributed by atoms with Crippen LogP contribution in [0, 0.1) is 6.92 Å². The Kier molecular flexibility index (Phi) is 4.72. The largest absolute Gasteiger partial charge is 0.299 e. The maximum Gasteiger partial charge on any atom is 0.299 e. The molecule has 0 aliphatic carbocycles. The van der Waals surface area contributed by atoms with Gasteiger partial charge in [0.05, 0.1) is 17.3 Å². The van der Waals surface area contributed by atoms with Crippen LogP contribution in [0.3, 0.4) is 0 Å².